The molecular weight excluding hydrogens is 613 g/mol. The number of carboxylic acid groups (broad SMARTS) is 1. The molecule has 4 rings (SSSR count). The SMILES string of the molecule is CC(C)(C)CC[C@H](c1ccc(C(=O)NCCC(=O)O)cc1)N1C(=O)C(c2cc(Cl)cc(Cl)c2)=NC12CCC([Si](C)(C)C)CC2. The number of hydrogen-bond donors (Lipinski definition) is 2. The summed E-state index contributed by atoms with van der Waals surface area (Å²) in [6, 6.07) is 12.3. The number of aliphatic carboxylic acids is 1. The van der Waals surface area contributed by atoms with E-state index >= 15 is 0 Å². The van der Waals surface area contributed by atoms with E-state index in [0.29, 0.717) is 32.4 Å². The summed E-state index contributed by atoms with van der Waals surface area (Å²) < 4.78 is 0. The van der Waals surface area contributed by atoms with Gasteiger partial charge in [0.05, 0.1) is 12.5 Å². The largest absolute Gasteiger partial charge is 0.481 e. The minimum Gasteiger partial charge on any atom is -0.481 e. The van der Waals surface area contributed by atoms with Gasteiger partial charge in [-0.2, -0.15) is 0 Å². The average Bonchev–Trinajstić information content (AvgIpc) is 3.19. The highest BCUT2D eigenvalue weighted by molar-refractivity contribution is 6.77. The van der Waals surface area contributed by atoms with Gasteiger partial charge >= 0.3 is 5.97 Å². The first-order valence-corrected chi connectivity index (χ1v) is 19.8. The molecule has 1 saturated carbocycles. The van der Waals surface area contributed by atoms with Crippen molar-refractivity contribution in [1.82, 2.24) is 10.2 Å². The van der Waals surface area contributed by atoms with E-state index in [9.17, 15) is 14.4 Å². The Bertz CT molecular complexity index is 1400. The number of aliphatic imine (C=N–C) groups is 1. The van der Waals surface area contributed by atoms with Crippen molar-refractivity contribution in [3.05, 3.63) is 69.2 Å². The number of amides is 2. The fourth-order valence-corrected chi connectivity index (χ4v) is 9.02. The fraction of sp³-hybridized carbons (Fsp3) is 0.529. The number of nitrogens with zero attached hydrogens (tertiary/aromatic N) is 2. The highest BCUT2D eigenvalue weighted by atomic mass is 35.5. The van der Waals surface area contributed by atoms with Crippen LogP contribution in [0.15, 0.2) is 47.5 Å². The molecule has 1 fully saturated rings. The predicted molar refractivity (Wildman–Crippen MR) is 181 cm³/mol. The van der Waals surface area contributed by atoms with E-state index in [-0.39, 0.29) is 36.2 Å². The van der Waals surface area contributed by atoms with E-state index in [1.165, 1.54) is 0 Å². The molecule has 0 saturated heterocycles. The summed E-state index contributed by atoms with van der Waals surface area (Å²) in [6.07, 6.45) is 5.10. The number of nitrogens with one attached hydrogen (secondary N) is 1. The van der Waals surface area contributed by atoms with Crippen LogP contribution in [0, 0.1) is 5.41 Å². The third-order valence-corrected chi connectivity index (χ3v) is 12.5. The van der Waals surface area contributed by atoms with E-state index in [4.69, 9.17) is 33.3 Å². The van der Waals surface area contributed by atoms with Gasteiger partial charge in [-0.25, -0.2) is 0 Å². The second-order valence-electron chi connectivity index (χ2n) is 14.6. The normalized spacial score (nSPS) is 21.4. The van der Waals surface area contributed by atoms with Crippen LogP contribution in [0.3, 0.4) is 0 Å². The summed E-state index contributed by atoms with van der Waals surface area (Å²) >= 11 is 12.8. The lowest BCUT2D eigenvalue weighted by molar-refractivity contribution is -0.137. The predicted octanol–water partition coefficient (Wildman–Crippen LogP) is 8.38. The van der Waals surface area contributed by atoms with Crippen molar-refractivity contribution in [3.63, 3.8) is 0 Å². The molecule has 1 atom stereocenters. The molecule has 7 nitrogen and oxygen atoms in total. The average molecular weight is 659 g/mol. The smallest absolute Gasteiger partial charge is 0.305 e. The second-order valence-corrected chi connectivity index (χ2v) is 21.0. The zero-order valence-electron chi connectivity index (χ0n) is 26.7. The highest BCUT2D eigenvalue weighted by Gasteiger charge is 2.53. The monoisotopic (exact) mass is 657 g/mol. The van der Waals surface area contributed by atoms with Crippen molar-refractivity contribution in [2.45, 2.75) is 103 Å². The lowest BCUT2D eigenvalue weighted by Crippen LogP contribution is -2.51. The van der Waals surface area contributed by atoms with Crippen molar-refractivity contribution >= 4 is 54.8 Å². The third-order valence-electron chi connectivity index (χ3n) is 9.00. The lowest BCUT2D eigenvalue weighted by atomic mass is 9.83. The van der Waals surface area contributed by atoms with Crippen LogP contribution < -0.4 is 5.32 Å². The van der Waals surface area contributed by atoms with E-state index in [1.54, 1.807) is 30.3 Å². The zero-order valence-corrected chi connectivity index (χ0v) is 29.2. The molecule has 1 spiro atoms. The van der Waals surface area contributed by atoms with Crippen LogP contribution in [0.1, 0.15) is 93.2 Å². The first-order valence-electron chi connectivity index (χ1n) is 15.5. The van der Waals surface area contributed by atoms with Gasteiger partial charge in [0, 0.05) is 35.8 Å². The molecule has 1 heterocycles. The molecule has 0 radical (unpaired) electrons. The molecule has 2 aliphatic rings. The Labute approximate surface area is 272 Å². The minimum atomic E-state index is -1.38. The first-order chi connectivity index (χ1) is 20.5. The van der Waals surface area contributed by atoms with Crippen molar-refractivity contribution in [2.75, 3.05) is 6.54 Å². The highest BCUT2D eigenvalue weighted by Crippen LogP contribution is 2.50. The summed E-state index contributed by atoms with van der Waals surface area (Å²) in [5, 5.41) is 12.5. The Kier molecular flexibility index (Phi) is 10.4. The summed E-state index contributed by atoms with van der Waals surface area (Å²) in [5.41, 5.74) is 2.44. The summed E-state index contributed by atoms with van der Waals surface area (Å²) in [6.45, 7) is 13.9. The summed E-state index contributed by atoms with van der Waals surface area (Å²) in [7, 11) is -1.38. The van der Waals surface area contributed by atoms with E-state index in [0.717, 1.165) is 44.1 Å². The Hall–Kier alpha value is -2.68. The molecule has 1 aliphatic carbocycles. The topological polar surface area (TPSA) is 99.1 Å². The zero-order chi connectivity index (χ0) is 32.4. The molecule has 44 heavy (non-hydrogen) atoms. The number of carbonyl (C=O) groups excluding carboxylic acids is 2. The Morgan fingerprint density at radius 2 is 1.66 bits per heavy atom. The van der Waals surface area contributed by atoms with Crippen LogP contribution in [0.2, 0.25) is 35.2 Å². The van der Waals surface area contributed by atoms with Crippen LogP contribution in [0.25, 0.3) is 0 Å². The van der Waals surface area contributed by atoms with Crippen molar-refractivity contribution in [2.24, 2.45) is 10.4 Å². The second kappa shape index (κ2) is 13.4. The van der Waals surface area contributed by atoms with Gasteiger partial charge in [-0.05, 0) is 85.4 Å². The molecule has 0 aromatic heterocycles. The molecule has 0 unspecified atom stereocenters. The third kappa shape index (κ3) is 8.12. The van der Waals surface area contributed by atoms with Gasteiger partial charge in [0.25, 0.3) is 11.8 Å². The first kappa shape index (κ1) is 34.2. The molecule has 0 bridgehead atoms. The van der Waals surface area contributed by atoms with Gasteiger partial charge in [-0.3, -0.25) is 19.4 Å². The molecule has 2 N–H and O–H groups in total. The molecule has 1 aliphatic heterocycles. The van der Waals surface area contributed by atoms with Gasteiger partial charge in [-0.1, -0.05) is 75.7 Å². The molecule has 2 amide bonds. The molecule has 2 aromatic carbocycles. The van der Waals surface area contributed by atoms with Crippen LogP contribution in [-0.4, -0.2) is 53.8 Å². The minimum absolute atomic E-state index is 0.0395. The van der Waals surface area contributed by atoms with Gasteiger partial charge in [0.2, 0.25) is 0 Å². The van der Waals surface area contributed by atoms with Gasteiger partial charge < -0.3 is 15.3 Å². The molecule has 10 heteroatoms. The van der Waals surface area contributed by atoms with Crippen molar-refractivity contribution < 1.29 is 19.5 Å². The fourth-order valence-electron chi connectivity index (χ4n) is 6.48. The molecule has 2 aromatic rings. The van der Waals surface area contributed by atoms with Crippen molar-refractivity contribution in [3.8, 4) is 0 Å². The molecule has 238 valence electrons. The molecular formula is C34H45Cl2N3O4Si. The lowest BCUT2D eigenvalue weighted by Gasteiger charge is -2.47. The number of benzene rings is 2. The maximum absolute atomic E-state index is 14.6. The number of carbonyl (C=O) groups is 3. The number of rotatable bonds is 10. The maximum atomic E-state index is 14.6. The quantitative estimate of drug-likeness (QED) is 0.251. The number of halogens is 2. The summed E-state index contributed by atoms with van der Waals surface area (Å²) in [5.74, 6) is -1.41. The number of carboxylic acids is 1. The van der Waals surface area contributed by atoms with E-state index in [1.807, 2.05) is 17.0 Å². The van der Waals surface area contributed by atoms with Gasteiger partial charge in [0.15, 0.2) is 0 Å². The Morgan fingerprint density at radius 1 is 1.07 bits per heavy atom. The van der Waals surface area contributed by atoms with E-state index in [2.05, 4.69) is 45.7 Å². The van der Waals surface area contributed by atoms with Crippen LogP contribution in [0.4, 0.5) is 0 Å². The Morgan fingerprint density at radius 3 is 2.18 bits per heavy atom. The van der Waals surface area contributed by atoms with Gasteiger partial charge in [0.1, 0.15) is 11.4 Å². The standard InChI is InChI=1S/C34H45Cl2N3O4Si/c1-33(2,3)15-13-28(22-7-9-23(10-8-22)31(42)37-18-14-29(40)41)39-32(43)30(24-19-25(35)21-26(36)20-24)38-34(39)16-11-27(12-17-34)44(4,5)6/h7-10,19-21,27-28H,11-18H2,1-6H3,(H,37,42)(H,40,41)/t27?,28-,34?/m1/s1. The summed E-state index contributed by atoms with van der Waals surface area (Å²) in [4.78, 5) is 45.4. The number of hydrogen-bond acceptors (Lipinski definition) is 4. The van der Waals surface area contributed by atoms with Crippen LogP contribution in [-0.2, 0) is 9.59 Å². The Balaban J connectivity index is 1.74. The van der Waals surface area contributed by atoms with Crippen LogP contribution >= 0.6 is 23.2 Å². The maximum Gasteiger partial charge on any atom is 0.305 e. The van der Waals surface area contributed by atoms with E-state index < -0.39 is 19.7 Å². The van der Waals surface area contributed by atoms with Crippen molar-refractivity contribution in [1.29, 1.82) is 0 Å². The van der Waals surface area contributed by atoms with Gasteiger partial charge in [-0.15, -0.1) is 0 Å². The van der Waals surface area contributed by atoms with Crippen LogP contribution in [0.5, 0.6) is 0 Å².